The van der Waals surface area contributed by atoms with Gasteiger partial charge in [0.2, 0.25) is 0 Å². The average molecular weight is 353 g/mol. The molecule has 1 aromatic carbocycles. The first-order valence-electron chi connectivity index (χ1n) is 3.30. The van der Waals surface area contributed by atoms with Gasteiger partial charge >= 0.3 is 0 Å². The van der Waals surface area contributed by atoms with E-state index in [2.05, 4.69) is 4.98 Å². The molecule has 58 valence electrons. The molecule has 4 heteroatoms. The zero-order chi connectivity index (χ0) is 7.68. The van der Waals surface area contributed by atoms with Crippen molar-refractivity contribution in [2.45, 2.75) is 0 Å². The standard InChI is InChI=1S/C8H6N2O.Pb/c11-10-6-9-5-7-3-1-2-4-8(7)10;/h1-6H;. The van der Waals surface area contributed by atoms with Crippen molar-refractivity contribution in [2.75, 3.05) is 0 Å². The summed E-state index contributed by atoms with van der Waals surface area (Å²) < 4.78 is 0.759. The Morgan fingerprint density at radius 2 is 2.00 bits per heavy atom. The van der Waals surface area contributed by atoms with E-state index in [9.17, 15) is 5.21 Å². The number of aromatic nitrogens is 2. The molecule has 0 spiro atoms. The SMILES string of the molecule is [O-][n+]1cncc2ccccc21.[Pb]. The van der Waals surface area contributed by atoms with Crippen molar-refractivity contribution in [3.8, 4) is 0 Å². The molecule has 0 aliphatic heterocycles. The maximum absolute atomic E-state index is 11.0. The van der Waals surface area contributed by atoms with Gasteiger partial charge in [-0.1, -0.05) is 17.1 Å². The third-order valence-corrected chi connectivity index (χ3v) is 1.56. The molecule has 2 aromatic rings. The summed E-state index contributed by atoms with van der Waals surface area (Å²) in [7, 11) is 0. The third kappa shape index (κ3) is 1.55. The number of hydrogen-bond acceptors (Lipinski definition) is 2. The van der Waals surface area contributed by atoms with Crippen molar-refractivity contribution in [2.24, 2.45) is 0 Å². The Morgan fingerprint density at radius 1 is 1.25 bits per heavy atom. The van der Waals surface area contributed by atoms with Gasteiger partial charge in [0.25, 0.3) is 6.33 Å². The Kier molecular flexibility index (Phi) is 2.96. The summed E-state index contributed by atoms with van der Waals surface area (Å²) in [5.74, 6) is 0. The van der Waals surface area contributed by atoms with Gasteiger partial charge in [-0.2, -0.15) is 0 Å². The van der Waals surface area contributed by atoms with Crippen molar-refractivity contribution in [3.63, 3.8) is 0 Å². The Hall–Kier alpha value is -0.718. The van der Waals surface area contributed by atoms with Gasteiger partial charge in [-0.25, -0.2) is 4.73 Å². The molecule has 1 aromatic heterocycles. The van der Waals surface area contributed by atoms with Crippen LogP contribution in [0.25, 0.3) is 10.9 Å². The topological polar surface area (TPSA) is 39.8 Å². The molecule has 0 fully saturated rings. The van der Waals surface area contributed by atoms with Crippen LogP contribution in [-0.2, 0) is 0 Å². The number of hydrogen-bond donors (Lipinski definition) is 0. The fraction of sp³-hybridized carbons (Fsp3) is 0. The molecule has 0 saturated heterocycles. The molecule has 0 amide bonds. The Balaban J connectivity index is 0.000000720. The van der Waals surface area contributed by atoms with E-state index < -0.39 is 0 Å². The maximum atomic E-state index is 11.0. The van der Waals surface area contributed by atoms with E-state index in [0.717, 1.165) is 10.1 Å². The molecule has 0 bridgehead atoms. The van der Waals surface area contributed by atoms with Crippen molar-refractivity contribution in [1.82, 2.24) is 4.98 Å². The molecule has 3 nitrogen and oxygen atoms in total. The summed E-state index contributed by atoms with van der Waals surface area (Å²) in [5, 5.41) is 11.9. The van der Waals surface area contributed by atoms with Crippen LogP contribution in [0.2, 0.25) is 0 Å². The predicted octanol–water partition coefficient (Wildman–Crippen LogP) is 0.487. The molecule has 0 saturated carbocycles. The summed E-state index contributed by atoms with van der Waals surface area (Å²) >= 11 is 0. The Bertz CT molecular complexity index is 386. The summed E-state index contributed by atoms with van der Waals surface area (Å²) in [6.07, 6.45) is 2.92. The zero-order valence-electron chi connectivity index (χ0n) is 6.27. The molecule has 0 unspecified atom stereocenters. The van der Waals surface area contributed by atoms with Crippen LogP contribution in [0.5, 0.6) is 0 Å². The van der Waals surface area contributed by atoms with Gasteiger partial charge in [-0.05, 0) is 12.1 Å². The molecule has 2 rings (SSSR count). The second kappa shape index (κ2) is 3.79. The monoisotopic (exact) mass is 354 g/mol. The van der Waals surface area contributed by atoms with Crippen LogP contribution in [0.4, 0.5) is 0 Å². The van der Waals surface area contributed by atoms with Crippen LogP contribution in [-0.4, -0.2) is 32.3 Å². The van der Waals surface area contributed by atoms with E-state index in [0.29, 0.717) is 5.52 Å². The van der Waals surface area contributed by atoms with Gasteiger partial charge in [-0.3, -0.25) is 0 Å². The van der Waals surface area contributed by atoms with Gasteiger partial charge in [0.05, 0.1) is 5.39 Å². The zero-order valence-corrected chi connectivity index (χ0v) is 10.2. The Labute approximate surface area is 89.8 Å². The minimum Gasteiger partial charge on any atom is -0.710 e. The summed E-state index contributed by atoms with van der Waals surface area (Å²) in [4.78, 5) is 3.76. The van der Waals surface area contributed by atoms with E-state index in [-0.39, 0.29) is 27.3 Å². The van der Waals surface area contributed by atoms with Crippen LogP contribution in [0, 0.1) is 5.21 Å². The Morgan fingerprint density at radius 3 is 2.75 bits per heavy atom. The van der Waals surface area contributed by atoms with Crippen LogP contribution in [0.1, 0.15) is 0 Å². The van der Waals surface area contributed by atoms with Crippen LogP contribution in [0.15, 0.2) is 36.8 Å². The van der Waals surface area contributed by atoms with Gasteiger partial charge in [0, 0.05) is 27.3 Å². The molecule has 0 aliphatic carbocycles. The summed E-state index contributed by atoms with van der Waals surface area (Å²) in [6.45, 7) is 0. The molecule has 0 atom stereocenters. The molecule has 4 radical (unpaired) electrons. The first-order chi connectivity index (χ1) is 5.38. The quantitative estimate of drug-likeness (QED) is 0.393. The molecular weight excluding hydrogens is 347 g/mol. The van der Waals surface area contributed by atoms with Crippen LogP contribution in [0.3, 0.4) is 0 Å². The predicted molar refractivity (Wildman–Crippen MR) is 46.5 cm³/mol. The normalized spacial score (nSPS) is 9.33. The number of nitrogens with zero attached hydrogens (tertiary/aromatic N) is 2. The smallest absolute Gasteiger partial charge is 0.289 e. The van der Waals surface area contributed by atoms with E-state index in [1.165, 1.54) is 6.33 Å². The average Bonchev–Trinajstić information content (AvgIpc) is 2.06. The molecule has 12 heavy (non-hydrogen) atoms. The van der Waals surface area contributed by atoms with Gasteiger partial charge in [0.15, 0.2) is 6.20 Å². The maximum Gasteiger partial charge on any atom is 0.289 e. The number of rotatable bonds is 0. The second-order valence-electron chi connectivity index (χ2n) is 2.28. The fourth-order valence-electron chi connectivity index (χ4n) is 1.03. The van der Waals surface area contributed by atoms with Crippen molar-refractivity contribution in [3.05, 3.63) is 42.0 Å². The van der Waals surface area contributed by atoms with Crippen LogP contribution < -0.4 is 4.73 Å². The van der Waals surface area contributed by atoms with Crippen molar-refractivity contribution >= 4 is 38.2 Å². The van der Waals surface area contributed by atoms with E-state index in [1.807, 2.05) is 18.2 Å². The third-order valence-electron chi connectivity index (χ3n) is 1.56. The largest absolute Gasteiger partial charge is 0.710 e. The molecule has 1 heterocycles. The van der Waals surface area contributed by atoms with Gasteiger partial charge in [-0.15, -0.1) is 0 Å². The second-order valence-corrected chi connectivity index (χ2v) is 2.28. The fourth-order valence-corrected chi connectivity index (χ4v) is 1.03. The summed E-state index contributed by atoms with van der Waals surface area (Å²) in [6, 6.07) is 7.33. The van der Waals surface area contributed by atoms with E-state index in [1.54, 1.807) is 12.3 Å². The van der Waals surface area contributed by atoms with Crippen LogP contribution >= 0.6 is 0 Å². The minimum atomic E-state index is 0. The molecular formula is C8H6N2OPb. The van der Waals surface area contributed by atoms with Gasteiger partial charge < -0.3 is 5.21 Å². The first-order valence-corrected chi connectivity index (χ1v) is 3.30. The summed E-state index contributed by atoms with van der Waals surface area (Å²) in [5.41, 5.74) is 0.655. The van der Waals surface area contributed by atoms with Crippen molar-refractivity contribution in [1.29, 1.82) is 0 Å². The number of fused-ring (bicyclic) bond motifs is 1. The minimum absolute atomic E-state index is 0. The first kappa shape index (κ1) is 9.37. The van der Waals surface area contributed by atoms with E-state index >= 15 is 0 Å². The van der Waals surface area contributed by atoms with Gasteiger partial charge in [0.1, 0.15) is 5.52 Å². The van der Waals surface area contributed by atoms with E-state index in [4.69, 9.17) is 0 Å². The number of benzene rings is 1. The molecule has 0 aliphatic rings. The van der Waals surface area contributed by atoms with Crippen molar-refractivity contribution < 1.29 is 4.73 Å². The number of para-hydroxylation sites is 1. The molecule has 0 N–H and O–H groups in total.